The number of rotatable bonds is 1. The van der Waals surface area contributed by atoms with E-state index in [9.17, 15) is 4.79 Å². The van der Waals surface area contributed by atoms with E-state index in [0.29, 0.717) is 26.3 Å². The standard InChI is InChI=1S/C11H15N2O3.ClH/c1-10-2-4-12(5-3-10)11(14)16-13-6-8-15-9-7-13;/h2-5H,6-9H2,1H3;1H/q+1;/p-1. The molecule has 0 atom stereocenters. The van der Waals surface area contributed by atoms with E-state index in [0.717, 1.165) is 5.56 Å². The minimum Gasteiger partial charge on any atom is -1.00 e. The lowest BCUT2D eigenvalue weighted by molar-refractivity contribution is -0.593. The first kappa shape index (κ1) is 13.9. The van der Waals surface area contributed by atoms with Gasteiger partial charge in [-0.3, -0.25) is 0 Å². The van der Waals surface area contributed by atoms with E-state index in [1.807, 2.05) is 19.1 Å². The number of aromatic nitrogens is 1. The van der Waals surface area contributed by atoms with Crippen LogP contribution >= 0.6 is 0 Å². The number of halogens is 1. The molecule has 2 rings (SSSR count). The summed E-state index contributed by atoms with van der Waals surface area (Å²) in [6.45, 7) is 4.42. The van der Waals surface area contributed by atoms with Crippen LogP contribution in [0.3, 0.4) is 0 Å². The Morgan fingerprint density at radius 1 is 1.35 bits per heavy atom. The minimum absolute atomic E-state index is 0. The van der Waals surface area contributed by atoms with Crippen molar-refractivity contribution in [2.75, 3.05) is 26.3 Å². The summed E-state index contributed by atoms with van der Waals surface area (Å²) in [5.74, 6) is 0. The summed E-state index contributed by atoms with van der Waals surface area (Å²) in [6.07, 6.45) is 3.00. The molecule has 0 N–H and O–H groups in total. The molecule has 0 aromatic carbocycles. The van der Waals surface area contributed by atoms with Gasteiger partial charge in [-0.2, -0.15) is 4.79 Å². The maximum atomic E-state index is 11.7. The Hall–Kier alpha value is -1.17. The second-order valence-corrected chi connectivity index (χ2v) is 3.68. The number of carbonyl (C=O) groups is 1. The van der Waals surface area contributed by atoms with Crippen molar-refractivity contribution in [3.8, 4) is 0 Å². The molecule has 1 saturated heterocycles. The van der Waals surface area contributed by atoms with Crippen molar-refractivity contribution in [1.82, 2.24) is 5.06 Å². The van der Waals surface area contributed by atoms with Crippen LogP contribution in [-0.2, 0) is 9.57 Å². The lowest BCUT2D eigenvalue weighted by Crippen LogP contribution is -3.00. The second-order valence-electron chi connectivity index (χ2n) is 3.68. The molecule has 94 valence electrons. The van der Waals surface area contributed by atoms with Crippen LogP contribution in [0, 0.1) is 6.92 Å². The molecule has 0 saturated carbocycles. The number of ether oxygens (including phenoxy) is 1. The predicted octanol–water partition coefficient (Wildman–Crippen LogP) is -2.48. The zero-order valence-corrected chi connectivity index (χ0v) is 10.4. The fraction of sp³-hybridized carbons (Fsp3) is 0.455. The van der Waals surface area contributed by atoms with Crippen molar-refractivity contribution in [2.24, 2.45) is 0 Å². The van der Waals surface area contributed by atoms with Gasteiger partial charge in [0.05, 0.1) is 26.3 Å². The molecule has 0 aliphatic carbocycles. The van der Waals surface area contributed by atoms with Gasteiger partial charge in [0, 0.05) is 12.1 Å². The predicted molar refractivity (Wildman–Crippen MR) is 55.6 cm³/mol. The van der Waals surface area contributed by atoms with Gasteiger partial charge in [-0.25, -0.2) is 0 Å². The first-order chi connectivity index (χ1) is 7.75. The lowest BCUT2D eigenvalue weighted by atomic mass is 10.3. The molecule has 1 aromatic heterocycles. The van der Waals surface area contributed by atoms with Gasteiger partial charge in [0.2, 0.25) is 0 Å². The molecule has 1 fully saturated rings. The third kappa shape index (κ3) is 3.96. The van der Waals surface area contributed by atoms with Gasteiger partial charge >= 0.3 is 6.09 Å². The van der Waals surface area contributed by atoms with Crippen LogP contribution in [0.5, 0.6) is 0 Å². The lowest BCUT2D eigenvalue weighted by Gasteiger charge is -2.22. The number of carbonyl (C=O) groups excluding carboxylic acids is 1. The SMILES string of the molecule is Cc1cc[n+](C(=O)ON2CCOCC2)cc1.[Cl-]. The van der Waals surface area contributed by atoms with Gasteiger partial charge in [0.1, 0.15) is 0 Å². The second kappa shape index (κ2) is 6.54. The van der Waals surface area contributed by atoms with Crippen molar-refractivity contribution in [1.29, 1.82) is 0 Å². The van der Waals surface area contributed by atoms with Gasteiger partial charge in [0.25, 0.3) is 0 Å². The molecule has 1 aromatic rings. The molecule has 5 nitrogen and oxygen atoms in total. The highest BCUT2D eigenvalue weighted by atomic mass is 35.5. The van der Waals surface area contributed by atoms with Crippen LogP contribution in [0.2, 0.25) is 0 Å². The molecular formula is C11H15ClN2O3. The highest BCUT2D eigenvalue weighted by Gasteiger charge is 2.22. The smallest absolute Gasteiger partial charge is 0.621 e. The Morgan fingerprint density at radius 3 is 2.53 bits per heavy atom. The quantitative estimate of drug-likeness (QED) is 0.523. The van der Waals surface area contributed by atoms with Gasteiger partial charge in [-0.1, -0.05) is 4.57 Å². The maximum absolute atomic E-state index is 11.7. The molecule has 0 radical (unpaired) electrons. The van der Waals surface area contributed by atoms with Gasteiger partial charge in [-0.05, 0) is 12.5 Å². The molecule has 1 aliphatic rings. The third-order valence-electron chi connectivity index (χ3n) is 2.38. The number of aryl methyl sites for hydroxylation is 1. The number of nitrogens with zero attached hydrogens (tertiary/aromatic N) is 2. The fourth-order valence-corrected chi connectivity index (χ4v) is 1.42. The molecular weight excluding hydrogens is 244 g/mol. The number of hydrogen-bond acceptors (Lipinski definition) is 4. The van der Waals surface area contributed by atoms with Crippen molar-refractivity contribution in [2.45, 2.75) is 6.92 Å². The molecule has 6 heteroatoms. The minimum atomic E-state index is -0.387. The van der Waals surface area contributed by atoms with Crippen LogP contribution in [0.25, 0.3) is 0 Å². The van der Waals surface area contributed by atoms with E-state index in [2.05, 4.69) is 0 Å². The Kier molecular flexibility index (Phi) is 5.34. The number of pyridine rings is 1. The zero-order valence-electron chi connectivity index (χ0n) is 9.63. The van der Waals surface area contributed by atoms with Crippen LogP contribution in [0.1, 0.15) is 5.56 Å². The van der Waals surface area contributed by atoms with E-state index in [1.165, 1.54) is 4.57 Å². The Balaban J connectivity index is 0.00000144. The van der Waals surface area contributed by atoms with Gasteiger partial charge in [0.15, 0.2) is 12.4 Å². The molecule has 17 heavy (non-hydrogen) atoms. The fourth-order valence-electron chi connectivity index (χ4n) is 1.42. The van der Waals surface area contributed by atoms with E-state index >= 15 is 0 Å². The molecule has 0 unspecified atom stereocenters. The topological polar surface area (TPSA) is 42.7 Å². The summed E-state index contributed by atoms with van der Waals surface area (Å²) in [4.78, 5) is 16.9. The van der Waals surface area contributed by atoms with Crippen molar-refractivity contribution >= 4 is 6.09 Å². The maximum Gasteiger partial charge on any atom is 0.621 e. The van der Waals surface area contributed by atoms with E-state index < -0.39 is 0 Å². The average molecular weight is 259 g/mol. The van der Waals surface area contributed by atoms with Crippen LogP contribution < -0.4 is 17.0 Å². The van der Waals surface area contributed by atoms with E-state index in [1.54, 1.807) is 17.5 Å². The van der Waals surface area contributed by atoms with Crippen LogP contribution in [0.4, 0.5) is 4.79 Å². The largest absolute Gasteiger partial charge is 1.00 e. The van der Waals surface area contributed by atoms with E-state index in [-0.39, 0.29) is 18.5 Å². The monoisotopic (exact) mass is 258 g/mol. The van der Waals surface area contributed by atoms with Crippen molar-refractivity contribution < 1.29 is 31.3 Å². The van der Waals surface area contributed by atoms with Crippen molar-refractivity contribution in [3.63, 3.8) is 0 Å². The zero-order chi connectivity index (χ0) is 11.4. The van der Waals surface area contributed by atoms with Crippen LogP contribution in [-0.4, -0.2) is 37.5 Å². The molecule has 0 spiro atoms. The normalized spacial score (nSPS) is 16.1. The van der Waals surface area contributed by atoms with Crippen LogP contribution in [0.15, 0.2) is 24.5 Å². The Labute approximate surface area is 106 Å². The number of morpholine rings is 1. The average Bonchev–Trinajstić information content (AvgIpc) is 2.31. The first-order valence-electron chi connectivity index (χ1n) is 5.28. The third-order valence-corrected chi connectivity index (χ3v) is 2.38. The molecule has 0 bridgehead atoms. The molecule has 1 aliphatic heterocycles. The van der Waals surface area contributed by atoms with Gasteiger partial charge in [-0.15, -0.1) is 5.06 Å². The Bertz CT molecular complexity index is 363. The number of hydrogen-bond donors (Lipinski definition) is 0. The summed E-state index contributed by atoms with van der Waals surface area (Å²) in [5.41, 5.74) is 1.11. The Morgan fingerprint density at radius 2 is 1.94 bits per heavy atom. The summed E-state index contributed by atoms with van der Waals surface area (Å²) in [7, 11) is 0. The van der Waals surface area contributed by atoms with E-state index in [4.69, 9.17) is 9.57 Å². The first-order valence-corrected chi connectivity index (χ1v) is 5.28. The molecule has 0 amide bonds. The summed E-state index contributed by atoms with van der Waals surface area (Å²) >= 11 is 0. The number of hydroxylamine groups is 2. The summed E-state index contributed by atoms with van der Waals surface area (Å²) in [5, 5.41) is 1.62. The van der Waals surface area contributed by atoms with Gasteiger partial charge < -0.3 is 22.0 Å². The molecule has 2 heterocycles. The van der Waals surface area contributed by atoms with Crippen molar-refractivity contribution in [3.05, 3.63) is 30.1 Å². The highest BCUT2D eigenvalue weighted by molar-refractivity contribution is 5.56. The summed E-state index contributed by atoms with van der Waals surface area (Å²) in [6, 6.07) is 3.72. The highest BCUT2D eigenvalue weighted by Crippen LogP contribution is 1.98. The summed E-state index contributed by atoms with van der Waals surface area (Å²) < 4.78 is 6.58.